The molecule has 3 aromatic rings. The highest BCUT2D eigenvalue weighted by molar-refractivity contribution is 7.17. The van der Waals surface area contributed by atoms with E-state index in [-0.39, 0.29) is 28.8 Å². The van der Waals surface area contributed by atoms with Crippen LogP contribution in [0.15, 0.2) is 30.3 Å². The van der Waals surface area contributed by atoms with Crippen molar-refractivity contribution in [2.24, 2.45) is 5.73 Å². The molecular formula is C21H21F3N6O3S. The van der Waals surface area contributed by atoms with Crippen LogP contribution in [0.2, 0.25) is 0 Å². The topological polar surface area (TPSA) is 132 Å². The van der Waals surface area contributed by atoms with Gasteiger partial charge in [-0.3, -0.25) is 19.7 Å². The van der Waals surface area contributed by atoms with Gasteiger partial charge in [0.1, 0.15) is 5.69 Å². The van der Waals surface area contributed by atoms with Gasteiger partial charge < -0.3 is 11.1 Å². The molecule has 1 atom stereocenters. The molecule has 2 aromatic heterocycles. The molecule has 34 heavy (non-hydrogen) atoms. The first-order chi connectivity index (χ1) is 15.9. The van der Waals surface area contributed by atoms with E-state index >= 15 is 0 Å². The molecule has 0 aliphatic heterocycles. The molecule has 180 valence electrons. The van der Waals surface area contributed by atoms with Gasteiger partial charge in [0.05, 0.1) is 22.3 Å². The van der Waals surface area contributed by atoms with Crippen molar-refractivity contribution in [1.82, 2.24) is 20.1 Å². The summed E-state index contributed by atoms with van der Waals surface area (Å²) in [5.41, 5.74) is 5.00. The number of thiazole rings is 1. The second kappa shape index (κ2) is 9.73. The minimum Gasteiger partial charge on any atom is -0.351 e. The van der Waals surface area contributed by atoms with Gasteiger partial charge in [0.15, 0.2) is 16.6 Å². The van der Waals surface area contributed by atoms with Crippen LogP contribution in [0, 0.1) is 6.92 Å². The van der Waals surface area contributed by atoms with Crippen LogP contribution >= 0.6 is 11.3 Å². The number of halogens is 3. The van der Waals surface area contributed by atoms with Crippen LogP contribution in [0.5, 0.6) is 0 Å². The average Bonchev–Trinajstić information content (AvgIpc) is 3.36. The van der Waals surface area contributed by atoms with Crippen molar-refractivity contribution in [3.05, 3.63) is 57.9 Å². The maximum absolute atomic E-state index is 13.4. The Morgan fingerprint density at radius 1 is 1.24 bits per heavy atom. The second-order valence-electron chi connectivity index (χ2n) is 7.44. The van der Waals surface area contributed by atoms with Gasteiger partial charge in [-0.1, -0.05) is 23.5 Å². The predicted molar refractivity (Wildman–Crippen MR) is 119 cm³/mol. The molecule has 1 aromatic carbocycles. The van der Waals surface area contributed by atoms with E-state index in [9.17, 15) is 27.6 Å². The normalized spacial score (nSPS) is 12.3. The number of rotatable bonds is 7. The van der Waals surface area contributed by atoms with Crippen molar-refractivity contribution in [3.63, 3.8) is 0 Å². The highest BCUT2D eigenvalue weighted by Crippen LogP contribution is 2.30. The number of carbonyl (C=O) groups is 3. The standard InChI is InChI=1S/C21H21F3N6O3S/c1-10(25)18(32)26-9-13-5-4-6-14(7-13)30-15(8-16(29-30)21(22,23)24)19(33)28-20-27-11(2)17(34-20)12(3)31/h4-8,10H,9,25H2,1-3H3,(H,26,32)(H,27,28,33)/t10-/m0/s1. The van der Waals surface area contributed by atoms with Gasteiger partial charge in [0, 0.05) is 19.5 Å². The molecule has 9 nitrogen and oxygen atoms in total. The van der Waals surface area contributed by atoms with Gasteiger partial charge >= 0.3 is 6.18 Å². The number of ketones is 1. The maximum atomic E-state index is 13.4. The number of hydrogen-bond acceptors (Lipinski definition) is 7. The molecule has 0 unspecified atom stereocenters. The number of hydrogen-bond donors (Lipinski definition) is 3. The molecule has 4 N–H and O–H groups in total. The Morgan fingerprint density at radius 3 is 2.53 bits per heavy atom. The van der Waals surface area contributed by atoms with Crippen LogP contribution in [0.4, 0.5) is 18.3 Å². The van der Waals surface area contributed by atoms with Gasteiger partial charge in [0.2, 0.25) is 5.91 Å². The number of nitrogens with two attached hydrogens (primary N) is 1. The molecule has 0 saturated carbocycles. The van der Waals surface area contributed by atoms with Crippen molar-refractivity contribution in [2.45, 2.75) is 39.5 Å². The first kappa shape index (κ1) is 25.1. The zero-order valence-electron chi connectivity index (χ0n) is 18.4. The van der Waals surface area contributed by atoms with Crippen molar-refractivity contribution >= 4 is 34.1 Å². The molecule has 0 radical (unpaired) electrons. The predicted octanol–water partition coefficient (Wildman–Crippen LogP) is 3.07. The van der Waals surface area contributed by atoms with Crippen LogP contribution in [0.3, 0.4) is 0 Å². The number of aryl methyl sites for hydroxylation is 1. The lowest BCUT2D eigenvalue weighted by molar-refractivity contribution is -0.141. The summed E-state index contributed by atoms with van der Waals surface area (Å²) in [6.45, 7) is 4.53. The van der Waals surface area contributed by atoms with Crippen molar-refractivity contribution in [1.29, 1.82) is 0 Å². The van der Waals surface area contributed by atoms with Crippen LogP contribution in [-0.2, 0) is 17.5 Å². The van der Waals surface area contributed by atoms with E-state index in [1.165, 1.54) is 26.0 Å². The van der Waals surface area contributed by atoms with Crippen LogP contribution in [0.1, 0.15) is 51.0 Å². The fraction of sp³-hybridized carbons (Fsp3) is 0.286. The summed E-state index contributed by atoms with van der Waals surface area (Å²) in [6.07, 6.45) is -4.79. The third kappa shape index (κ3) is 5.66. The van der Waals surface area contributed by atoms with E-state index in [4.69, 9.17) is 5.73 Å². The Labute approximate surface area is 196 Å². The first-order valence-corrected chi connectivity index (χ1v) is 10.8. The molecule has 0 spiro atoms. The molecule has 0 aliphatic rings. The third-order valence-electron chi connectivity index (χ3n) is 4.60. The minimum absolute atomic E-state index is 0.0707. The molecule has 0 fully saturated rings. The summed E-state index contributed by atoms with van der Waals surface area (Å²) in [7, 11) is 0. The van der Waals surface area contributed by atoms with E-state index < -0.39 is 29.7 Å². The van der Waals surface area contributed by atoms with Crippen LogP contribution in [0.25, 0.3) is 5.69 Å². The Kier molecular flexibility index (Phi) is 7.17. The lowest BCUT2D eigenvalue weighted by Gasteiger charge is -2.11. The summed E-state index contributed by atoms with van der Waals surface area (Å²) in [6, 6.07) is 6.08. The van der Waals surface area contributed by atoms with E-state index in [0.717, 1.165) is 16.0 Å². The number of amides is 2. The first-order valence-electron chi connectivity index (χ1n) is 9.96. The van der Waals surface area contributed by atoms with Crippen LogP contribution in [-0.4, -0.2) is 38.4 Å². The van der Waals surface area contributed by atoms with E-state index in [0.29, 0.717) is 22.2 Å². The Bertz CT molecular complexity index is 1250. The lowest BCUT2D eigenvalue weighted by atomic mass is 10.2. The zero-order valence-corrected chi connectivity index (χ0v) is 19.2. The summed E-state index contributed by atoms with van der Waals surface area (Å²) in [5.74, 6) is -1.53. The number of nitrogens with one attached hydrogen (secondary N) is 2. The minimum atomic E-state index is -4.79. The molecule has 3 rings (SSSR count). The number of alkyl halides is 3. The highest BCUT2D eigenvalue weighted by Gasteiger charge is 2.36. The number of nitrogens with zero attached hydrogens (tertiary/aromatic N) is 3. The Morgan fingerprint density at radius 2 is 1.94 bits per heavy atom. The molecule has 0 saturated heterocycles. The Balaban J connectivity index is 1.95. The van der Waals surface area contributed by atoms with E-state index in [1.54, 1.807) is 19.1 Å². The van der Waals surface area contributed by atoms with Crippen molar-refractivity contribution in [3.8, 4) is 5.69 Å². The number of carbonyl (C=O) groups excluding carboxylic acids is 3. The summed E-state index contributed by atoms with van der Waals surface area (Å²) >= 11 is 0.924. The van der Waals surface area contributed by atoms with Gasteiger partial charge in [-0.15, -0.1) is 0 Å². The summed E-state index contributed by atoms with van der Waals surface area (Å²) < 4.78 is 41.0. The molecule has 2 heterocycles. The fourth-order valence-corrected chi connectivity index (χ4v) is 3.82. The monoisotopic (exact) mass is 494 g/mol. The van der Waals surface area contributed by atoms with Gasteiger partial charge in [-0.2, -0.15) is 18.3 Å². The molecule has 13 heteroatoms. The zero-order chi connectivity index (χ0) is 25.2. The number of Topliss-reactive ketones (excluding diaryl/α,β-unsaturated/α-hetero) is 1. The largest absolute Gasteiger partial charge is 0.435 e. The van der Waals surface area contributed by atoms with E-state index in [2.05, 4.69) is 20.7 Å². The van der Waals surface area contributed by atoms with Gasteiger partial charge in [0.25, 0.3) is 5.91 Å². The SMILES string of the molecule is CC(=O)c1sc(NC(=O)c2cc(C(F)(F)F)nn2-c2cccc(CNC(=O)[C@H](C)N)c2)nc1C. The summed E-state index contributed by atoms with van der Waals surface area (Å²) in [5, 5.41) is 8.69. The highest BCUT2D eigenvalue weighted by atomic mass is 32.1. The molecule has 0 aliphatic carbocycles. The number of benzene rings is 1. The summed E-state index contributed by atoms with van der Waals surface area (Å²) in [4.78, 5) is 40.7. The average molecular weight is 494 g/mol. The third-order valence-corrected chi connectivity index (χ3v) is 5.78. The molecule has 2 amide bonds. The lowest BCUT2D eigenvalue weighted by Crippen LogP contribution is -2.37. The molecule has 0 bridgehead atoms. The van der Waals surface area contributed by atoms with Crippen LogP contribution < -0.4 is 16.4 Å². The number of anilines is 1. The smallest absolute Gasteiger partial charge is 0.351 e. The van der Waals surface area contributed by atoms with Crippen molar-refractivity contribution in [2.75, 3.05) is 5.32 Å². The molecular weight excluding hydrogens is 473 g/mol. The fourth-order valence-electron chi connectivity index (χ4n) is 2.96. The van der Waals surface area contributed by atoms with Gasteiger partial charge in [-0.25, -0.2) is 9.67 Å². The quantitative estimate of drug-likeness (QED) is 0.433. The Hall–Kier alpha value is -3.58. The van der Waals surface area contributed by atoms with Gasteiger partial charge in [-0.05, 0) is 31.5 Å². The maximum Gasteiger partial charge on any atom is 0.435 e. The van der Waals surface area contributed by atoms with E-state index in [1.807, 2.05) is 0 Å². The van der Waals surface area contributed by atoms with Crippen molar-refractivity contribution < 1.29 is 27.6 Å². The number of aromatic nitrogens is 3. The second-order valence-corrected chi connectivity index (χ2v) is 8.44.